The van der Waals surface area contributed by atoms with Gasteiger partial charge in [-0.3, -0.25) is 9.59 Å². The van der Waals surface area contributed by atoms with Gasteiger partial charge in [-0.15, -0.1) is 0 Å². The number of carbonyl (C=O) groups excluding carboxylic acids is 2. The van der Waals surface area contributed by atoms with E-state index in [1.54, 1.807) is 6.92 Å². The van der Waals surface area contributed by atoms with Crippen LogP contribution in [-0.4, -0.2) is 33.1 Å². The first-order chi connectivity index (χ1) is 13.7. The minimum Gasteiger partial charge on any atom is -0.368 e. The number of hydrogen-bond donors (Lipinski definition) is 1. The Labute approximate surface area is 178 Å². The zero-order valence-electron chi connectivity index (χ0n) is 17.9. The van der Waals surface area contributed by atoms with E-state index in [1.807, 2.05) is 6.08 Å². The van der Waals surface area contributed by atoms with E-state index in [0.29, 0.717) is 24.2 Å². The molecular formula is C24H34O4S. The van der Waals surface area contributed by atoms with Crippen molar-refractivity contribution in [2.75, 3.05) is 0 Å². The van der Waals surface area contributed by atoms with Gasteiger partial charge in [0, 0.05) is 25.0 Å². The van der Waals surface area contributed by atoms with Crippen LogP contribution in [0.3, 0.4) is 0 Å². The standard InChI is InChI=1S/C24H34O4S/c1-14(25)29-19-13-15-12-16(26)4-8-22(15,2)17-5-9-23(3)18(21(17)19)6-10-24(23)11-7-20(27)28-24/h12,17-21,27H,4-11,13H2,1-3H3. The minimum absolute atomic E-state index is 0.0727. The molecule has 4 fully saturated rings. The molecule has 3 saturated carbocycles. The predicted molar refractivity (Wildman–Crippen MR) is 113 cm³/mol. The molecular weight excluding hydrogens is 384 g/mol. The molecule has 0 amide bonds. The molecule has 5 heteroatoms. The second-order valence-corrected chi connectivity index (χ2v) is 12.2. The quantitative estimate of drug-likeness (QED) is 0.672. The maximum Gasteiger partial charge on any atom is 0.186 e. The van der Waals surface area contributed by atoms with Crippen LogP contribution in [0.2, 0.25) is 0 Å². The lowest BCUT2D eigenvalue weighted by molar-refractivity contribution is -0.195. The van der Waals surface area contributed by atoms with E-state index in [4.69, 9.17) is 4.74 Å². The third kappa shape index (κ3) is 2.79. The molecule has 5 aliphatic rings. The van der Waals surface area contributed by atoms with Gasteiger partial charge in [0.2, 0.25) is 0 Å². The predicted octanol–water partition coefficient (Wildman–Crippen LogP) is 4.64. The van der Waals surface area contributed by atoms with Gasteiger partial charge in [0.1, 0.15) is 0 Å². The molecule has 8 atom stereocenters. The van der Waals surface area contributed by atoms with Crippen molar-refractivity contribution in [3.8, 4) is 0 Å². The van der Waals surface area contributed by atoms with Crippen molar-refractivity contribution in [2.24, 2.45) is 28.6 Å². The average molecular weight is 419 g/mol. The summed E-state index contributed by atoms with van der Waals surface area (Å²) in [4.78, 5) is 24.4. The topological polar surface area (TPSA) is 63.6 Å². The Morgan fingerprint density at radius 2 is 1.86 bits per heavy atom. The Bertz CT molecular complexity index is 777. The number of carbonyl (C=O) groups is 2. The molecule has 29 heavy (non-hydrogen) atoms. The molecule has 1 aliphatic heterocycles. The molecule has 1 N–H and O–H groups in total. The highest BCUT2D eigenvalue weighted by molar-refractivity contribution is 8.14. The number of hydrogen-bond acceptors (Lipinski definition) is 5. The van der Waals surface area contributed by atoms with Gasteiger partial charge in [0.25, 0.3) is 0 Å². The van der Waals surface area contributed by atoms with Crippen molar-refractivity contribution in [1.82, 2.24) is 0 Å². The molecule has 0 aromatic rings. The first-order valence-electron chi connectivity index (χ1n) is 11.5. The zero-order chi connectivity index (χ0) is 20.6. The van der Waals surface area contributed by atoms with Gasteiger partial charge in [-0.1, -0.05) is 31.2 Å². The number of thioether (sulfide) groups is 1. The lowest BCUT2D eigenvalue weighted by atomic mass is 9.46. The molecule has 4 nitrogen and oxygen atoms in total. The van der Waals surface area contributed by atoms with Gasteiger partial charge in [-0.25, -0.2) is 0 Å². The monoisotopic (exact) mass is 418 g/mol. The molecule has 1 spiro atoms. The summed E-state index contributed by atoms with van der Waals surface area (Å²) in [6.07, 6.45) is 9.93. The lowest BCUT2D eigenvalue weighted by Gasteiger charge is -2.61. The fourth-order valence-corrected chi connectivity index (χ4v) is 9.49. The second kappa shape index (κ2) is 6.67. The first kappa shape index (κ1) is 20.3. The summed E-state index contributed by atoms with van der Waals surface area (Å²) in [6, 6.07) is 0. The van der Waals surface area contributed by atoms with Gasteiger partial charge in [0.05, 0.1) is 5.60 Å². The Morgan fingerprint density at radius 3 is 2.55 bits per heavy atom. The highest BCUT2D eigenvalue weighted by Crippen LogP contribution is 2.70. The van der Waals surface area contributed by atoms with Gasteiger partial charge >= 0.3 is 0 Å². The molecule has 1 heterocycles. The number of aliphatic hydroxyl groups excluding tert-OH is 1. The van der Waals surface area contributed by atoms with Crippen LogP contribution in [-0.2, 0) is 14.3 Å². The molecule has 0 bridgehead atoms. The smallest absolute Gasteiger partial charge is 0.186 e. The van der Waals surface area contributed by atoms with Crippen LogP contribution < -0.4 is 0 Å². The number of ether oxygens (including phenoxy) is 1. The number of rotatable bonds is 1. The largest absolute Gasteiger partial charge is 0.368 e. The molecule has 0 radical (unpaired) electrons. The summed E-state index contributed by atoms with van der Waals surface area (Å²) in [5.41, 5.74) is 1.29. The van der Waals surface area contributed by atoms with Crippen LogP contribution in [0.4, 0.5) is 0 Å². The minimum atomic E-state index is -0.617. The van der Waals surface area contributed by atoms with Crippen LogP contribution in [0.25, 0.3) is 0 Å². The van der Waals surface area contributed by atoms with Crippen LogP contribution in [0.5, 0.6) is 0 Å². The molecule has 8 unspecified atom stereocenters. The van der Waals surface area contributed by atoms with Crippen molar-refractivity contribution in [3.05, 3.63) is 11.6 Å². The number of allylic oxidation sites excluding steroid dienone is 1. The molecule has 5 rings (SSSR count). The Balaban J connectivity index is 1.55. The molecule has 4 aliphatic carbocycles. The van der Waals surface area contributed by atoms with Crippen molar-refractivity contribution >= 4 is 22.7 Å². The number of ketones is 1. The summed E-state index contributed by atoms with van der Waals surface area (Å²) in [5, 5.41) is 10.6. The van der Waals surface area contributed by atoms with E-state index in [2.05, 4.69) is 13.8 Å². The third-order valence-electron chi connectivity index (χ3n) is 9.72. The fourth-order valence-electron chi connectivity index (χ4n) is 8.27. The summed E-state index contributed by atoms with van der Waals surface area (Å²) in [6.45, 7) is 6.48. The van der Waals surface area contributed by atoms with Crippen molar-refractivity contribution in [1.29, 1.82) is 0 Å². The second-order valence-electron chi connectivity index (χ2n) is 10.8. The van der Waals surface area contributed by atoms with E-state index in [1.165, 1.54) is 17.3 Å². The Hall–Kier alpha value is -0.650. The highest BCUT2D eigenvalue weighted by atomic mass is 32.2. The molecule has 160 valence electrons. The highest BCUT2D eigenvalue weighted by Gasteiger charge is 2.67. The normalized spacial score (nSPS) is 51.4. The number of aliphatic hydroxyl groups is 1. The maximum atomic E-state index is 12.2. The van der Waals surface area contributed by atoms with Crippen molar-refractivity contribution in [3.63, 3.8) is 0 Å². The van der Waals surface area contributed by atoms with Crippen LogP contribution in [0.15, 0.2) is 11.6 Å². The van der Waals surface area contributed by atoms with Gasteiger partial charge in [0.15, 0.2) is 17.2 Å². The fraction of sp³-hybridized carbons (Fsp3) is 0.833. The van der Waals surface area contributed by atoms with E-state index in [9.17, 15) is 14.7 Å². The Morgan fingerprint density at radius 1 is 1.14 bits per heavy atom. The Kier molecular flexibility index (Phi) is 4.66. The first-order valence-corrected chi connectivity index (χ1v) is 12.3. The van der Waals surface area contributed by atoms with E-state index in [0.717, 1.165) is 51.4 Å². The van der Waals surface area contributed by atoms with Gasteiger partial charge in [-0.05, 0) is 79.6 Å². The molecule has 0 aromatic carbocycles. The zero-order valence-corrected chi connectivity index (χ0v) is 18.7. The molecule has 1 saturated heterocycles. The van der Waals surface area contributed by atoms with Crippen LogP contribution in [0, 0.1) is 28.6 Å². The average Bonchev–Trinajstić information content (AvgIpc) is 3.17. The maximum absolute atomic E-state index is 12.2. The van der Waals surface area contributed by atoms with Crippen LogP contribution >= 0.6 is 11.8 Å². The van der Waals surface area contributed by atoms with Crippen molar-refractivity contribution in [2.45, 2.75) is 95.7 Å². The molecule has 0 aromatic heterocycles. The van der Waals surface area contributed by atoms with Gasteiger partial charge in [-0.2, -0.15) is 0 Å². The van der Waals surface area contributed by atoms with E-state index in [-0.39, 0.29) is 32.6 Å². The summed E-state index contributed by atoms with van der Waals surface area (Å²) in [5.74, 6) is 1.81. The summed E-state index contributed by atoms with van der Waals surface area (Å²) in [7, 11) is 0. The SMILES string of the molecule is CC(=O)SC1CC2=CC(=O)CCC2(C)C2CCC3(C)C(CCC34CCC(O)O4)C12. The van der Waals surface area contributed by atoms with Crippen molar-refractivity contribution < 1.29 is 19.4 Å². The lowest BCUT2D eigenvalue weighted by Crippen LogP contribution is -2.57. The van der Waals surface area contributed by atoms with E-state index >= 15 is 0 Å². The van der Waals surface area contributed by atoms with E-state index < -0.39 is 6.29 Å². The van der Waals surface area contributed by atoms with Gasteiger partial charge < -0.3 is 9.84 Å². The third-order valence-corrected chi connectivity index (χ3v) is 10.8. The summed E-state index contributed by atoms with van der Waals surface area (Å²) < 4.78 is 6.25. The van der Waals surface area contributed by atoms with Crippen LogP contribution in [0.1, 0.15) is 78.6 Å². The summed E-state index contributed by atoms with van der Waals surface area (Å²) >= 11 is 1.51. The number of fused-ring (bicyclic) bond motifs is 6.